The number of aryl methyl sites for hydroxylation is 3. The molecule has 1 amide bonds. The average molecular weight is 423 g/mol. The lowest BCUT2D eigenvalue weighted by molar-refractivity contribution is 0.102. The van der Waals surface area contributed by atoms with Crippen molar-refractivity contribution < 1.29 is 13.2 Å². The van der Waals surface area contributed by atoms with E-state index in [9.17, 15) is 13.2 Å². The quantitative estimate of drug-likeness (QED) is 0.619. The van der Waals surface area contributed by atoms with Crippen molar-refractivity contribution in [1.29, 1.82) is 0 Å². The Morgan fingerprint density at radius 1 is 0.900 bits per heavy atom. The van der Waals surface area contributed by atoms with Crippen LogP contribution in [0.5, 0.6) is 0 Å². The van der Waals surface area contributed by atoms with Gasteiger partial charge in [0, 0.05) is 11.3 Å². The van der Waals surface area contributed by atoms with Gasteiger partial charge in [0.15, 0.2) is 0 Å². The molecule has 6 heteroatoms. The second kappa shape index (κ2) is 8.71. The molecule has 3 rings (SSSR count). The highest BCUT2D eigenvalue weighted by Gasteiger charge is 2.18. The highest BCUT2D eigenvalue weighted by molar-refractivity contribution is 7.92. The van der Waals surface area contributed by atoms with E-state index in [1.165, 1.54) is 10.6 Å². The largest absolute Gasteiger partial charge is 0.322 e. The summed E-state index contributed by atoms with van der Waals surface area (Å²) in [6, 6.07) is 20.0. The zero-order chi connectivity index (χ0) is 21.9. The fraction of sp³-hybridized carbons (Fsp3) is 0.208. The van der Waals surface area contributed by atoms with E-state index in [0.717, 1.165) is 27.9 Å². The first-order chi connectivity index (χ1) is 14.1. The van der Waals surface area contributed by atoms with E-state index in [1.807, 2.05) is 39.0 Å². The number of hydrogen-bond donors (Lipinski definition) is 1. The Hall–Kier alpha value is -3.12. The molecule has 0 unspecified atom stereocenters. The first-order valence-corrected chi connectivity index (χ1v) is 11.5. The van der Waals surface area contributed by atoms with Crippen LogP contribution in [0.2, 0.25) is 0 Å². The molecular weight excluding hydrogens is 396 g/mol. The molecule has 0 fully saturated rings. The van der Waals surface area contributed by atoms with Gasteiger partial charge >= 0.3 is 0 Å². The van der Waals surface area contributed by atoms with Crippen molar-refractivity contribution in [3.8, 4) is 0 Å². The van der Waals surface area contributed by atoms with Crippen LogP contribution in [-0.4, -0.2) is 20.6 Å². The van der Waals surface area contributed by atoms with Crippen LogP contribution in [0.4, 0.5) is 11.4 Å². The fourth-order valence-electron chi connectivity index (χ4n) is 3.48. The summed E-state index contributed by atoms with van der Waals surface area (Å²) in [5, 5.41) is 2.99. The number of rotatable bonds is 6. The summed E-state index contributed by atoms with van der Waals surface area (Å²) in [5.74, 6) is -0.195. The molecule has 0 radical (unpaired) electrons. The molecule has 0 aliphatic carbocycles. The molecule has 0 saturated heterocycles. The molecule has 1 N–H and O–H groups in total. The summed E-state index contributed by atoms with van der Waals surface area (Å²) in [6.07, 6.45) is 1.19. The first-order valence-electron chi connectivity index (χ1n) is 9.66. The Morgan fingerprint density at radius 2 is 1.47 bits per heavy atom. The van der Waals surface area contributed by atoms with Gasteiger partial charge in [-0.05, 0) is 61.7 Å². The van der Waals surface area contributed by atoms with Gasteiger partial charge in [-0.25, -0.2) is 8.42 Å². The molecule has 156 valence electrons. The number of benzene rings is 3. The molecule has 0 atom stereocenters. The van der Waals surface area contributed by atoms with Gasteiger partial charge in [-0.2, -0.15) is 0 Å². The van der Waals surface area contributed by atoms with Gasteiger partial charge in [-0.3, -0.25) is 9.10 Å². The van der Waals surface area contributed by atoms with E-state index in [-0.39, 0.29) is 12.5 Å². The Morgan fingerprint density at radius 3 is 2.00 bits per heavy atom. The first kappa shape index (κ1) is 21.6. The number of carbonyl (C=O) groups is 1. The monoisotopic (exact) mass is 422 g/mol. The Balaban J connectivity index is 1.78. The summed E-state index contributed by atoms with van der Waals surface area (Å²) >= 11 is 0. The van der Waals surface area contributed by atoms with Crippen LogP contribution in [0.3, 0.4) is 0 Å². The molecule has 0 heterocycles. The van der Waals surface area contributed by atoms with Crippen LogP contribution in [-0.2, 0) is 16.6 Å². The lowest BCUT2D eigenvalue weighted by atomic mass is 10.0. The zero-order valence-electron chi connectivity index (χ0n) is 17.6. The number of para-hydroxylation sites is 1. The Labute approximate surface area is 178 Å². The van der Waals surface area contributed by atoms with Crippen LogP contribution in [0.25, 0.3) is 0 Å². The lowest BCUT2D eigenvalue weighted by Crippen LogP contribution is -2.29. The average Bonchev–Trinajstić information content (AvgIpc) is 2.69. The minimum absolute atomic E-state index is 0.195. The van der Waals surface area contributed by atoms with Crippen LogP contribution in [0.1, 0.15) is 32.6 Å². The molecule has 0 bridgehead atoms. The molecule has 0 saturated carbocycles. The topological polar surface area (TPSA) is 66.5 Å². The maximum atomic E-state index is 12.7. The van der Waals surface area contributed by atoms with Gasteiger partial charge in [-0.1, -0.05) is 48.0 Å². The minimum Gasteiger partial charge on any atom is -0.322 e. The third kappa shape index (κ3) is 5.07. The van der Waals surface area contributed by atoms with Crippen molar-refractivity contribution in [3.05, 3.63) is 94.5 Å². The predicted octanol–water partition coefficient (Wildman–Crippen LogP) is 4.83. The number of hydrogen-bond acceptors (Lipinski definition) is 3. The summed E-state index contributed by atoms with van der Waals surface area (Å²) in [4.78, 5) is 12.7. The van der Waals surface area contributed by atoms with Crippen LogP contribution >= 0.6 is 0 Å². The zero-order valence-corrected chi connectivity index (χ0v) is 18.5. The summed E-state index contributed by atoms with van der Waals surface area (Å²) in [5.41, 5.74) is 5.93. The molecule has 0 aliphatic heterocycles. The number of nitrogens with zero attached hydrogens (tertiary/aromatic N) is 1. The minimum atomic E-state index is -3.44. The number of amides is 1. The van der Waals surface area contributed by atoms with Gasteiger partial charge in [-0.15, -0.1) is 0 Å². The summed E-state index contributed by atoms with van der Waals surface area (Å²) < 4.78 is 25.9. The molecule has 0 spiro atoms. The van der Waals surface area contributed by atoms with Crippen LogP contribution < -0.4 is 9.62 Å². The highest BCUT2D eigenvalue weighted by atomic mass is 32.2. The molecule has 0 aliphatic rings. The second-order valence-corrected chi connectivity index (χ2v) is 9.44. The third-order valence-electron chi connectivity index (χ3n) is 4.90. The van der Waals surface area contributed by atoms with E-state index >= 15 is 0 Å². The van der Waals surface area contributed by atoms with E-state index < -0.39 is 10.0 Å². The molecule has 0 aromatic heterocycles. The van der Waals surface area contributed by atoms with Gasteiger partial charge in [0.05, 0.1) is 18.5 Å². The fourth-order valence-corrected chi connectivity index (χ4v) is 4.37. The standard InChI is InChI=1S/C24H26N2O3S/c1-17-14-18(2)23(19(3)15-17)25-24(27)21-12-10-20(11-13-21)16-26(30(4,28)29)22-8-6-5-7-9-22/h5-15H,16H2,1-4H3,(H,25,27). The van der Waals surface area contributed by atoms with Gasteiger partial charge in [0.1, 0.15) is 0 Å². The molecule has 5 nitrogen and oxygen atoms in total. The summed E-state index contributed by atoms with van der Waals surface area (Å²) in [6.45, 7) is 6.17. The van der Waals surface area contributed by atoms with Crippen molar-refractivity contribution in [2.45, 2.75) is 27.3 Å². The molecule has 3 aromatic carbocycles. The van der Waals surface area contributed by atoms with E-state index in [1.54, 1.807) is 48.5 Å². The lowest BCUT2D eigenvalue weighted by Gasteiger charge is -2.22. The SMILES string of the molecule is Cc1cc(C)c(NC(=O)c2ccc(CN(c3ccccc3)S(C)(=O)=O)cc2)c(C)c1. The predicted molar refractivity (Wildman–Crippen MR) is 123 cm³/mol. The van der Waals surface area contributed by atoms with E-state index in [2.05, 4.69) is 5.32 Å². The summed E-state index contributed by atoms with van der Waals surface area (Å²) in [7, 11) is -3.44. The number of anilines is 2. The van der Waals surface area contributed by atoms with Crippen molar-refractivity contribution in [2.24, 2.45) is 0 Å². The van der Waals surface area contributed by atoms with Crippen LogP contribution in [0.15, 0.2) is 66.7 Å². The van der Waals surface area contributed by atoms with Crippen molar-refractivity contribution >= 4 is 27.3 Å². The second-order valence-electron chi connectivity index (χ2n) is 7.53. The Kier molecular flexibility index (Phi) is 6.27. The molecule has 30 heavy (non-hydrogen) atoms. The highest BCUT2D eigenvalue weighted by Crippen LogP contribution is 2.23. The van der Waals surface area contributed by atoms with Gasteiger partial charge in [0.2, 0.25) is 10.0 Å². The van der Waals surface area contributed by atoms with Crippen molar-refractivity contribution in [1.82, 2.24) is 0 Å². The van der Waals surface area contributed by atoms with Gasteiger partial charge < -0.3 is 5.32 Å². The molecular formula is C24H26N2O3S. The van der Waals surface area contributed by atoms with Crippen LogP contribution in [0, 0.1) is 20.8 Å². The van der Waals surface area contributed by atoms with Crippen molar-refractivity contribution in [3.63, 3.8) is 0 Å². The Bertz CT molecular complexity index is 1130. The maximum absolute atomic E-state index is 12.7. The van der Waals surface area contributed by atoms with E-state index in [0.29, 0.717) is 11.3 Å². The number of nitrogens with one attached hydrogen (secondary N) is 1. The maximum Gasteiger partial charge on any atom is 0.255 e. The molecule has 3 aromatic rings. The van der Waals surface area contributed by atoms with E-state index in [4.69, 9.17) is 0 Å². The third-order valence-corrected chi connectivity index (χ3v) is 6.04. The van der Waals surface area contributed by atoms with Gasteiger partial charge in [0.25, 0.3) is 5.91 Å². The van der Waals surface area contributed by atoms with Crippen molar-refractivity contribution in [2.75, 3.05) is 15.9 Å². The normalized spacial score (nSPS) is 11.2. The number of sulfonamides is 1. The number of carbonyl (C=O) groups excluding carboxylic acids is 1. The smallest absolute Gasteiger partial charge is 0.255 e.